The highest BCUT2D eigenvalue weighted by molar-refractivity contribution is 9.10. The van der Waals surface area contributed by atoms with Crippen LogP contribution in [-0.2, 0) is 16.0 Å². The lowest BCUT2D eigenvalue weighted by Crippen LogP contribution is -2.47. The monoisotopic (exact) mass is 596 g/mol. The Morgan fingerprint density at radius 1 is 0.718 bits per heavy atom. The van der Waals surface area contributed by atoms with Crippen molar-refractivity contribution in [1.29, 1.82) is 0 Å². The van der Waals surface area contributed by atoms with Gasteiger partial charge >= 0.3 is 0 Å². The summed E-state index contributed by atoms with van der Waals surface area (Å²) in [6.45, 7) is 0. The number of nitrogens with zero attached hydrogens (tertiary/aromatic N) is 2. The van der Waals surface area contributed by atoms with E-state index in [9.17, 15) is 9.59 Å². The second kappa shape index (κ2) is 12.6. The van der Waals surface area contributed by atoms with Crippen LogP contribution < -0.4 is 10.6 Å². The van der Waals surface area contributed by atoms with E-state index >= 15 is 0 Å². The summed E-state index contributed by atoms with van der Waals surface area (Å²) in [7, 11) is 0. The molecule has 6 nitrogen and oxygen atoms in total. The van der Waals surface area contributed by atoms with Gasteiger partial charge in [-0.3, -0.25) is 14.9 Å². The maximum absolute atomic E-state index is 13.8. The Balaban J connectivity index is 1.39. The molecule has 0 saturated heterocycles. The Kier molecular flexibility index (Phi) is 8.55. The van der Waals surface area contributed by atoms with Gasteiger partial charge in [-0.15, -0.1) is 10.2 Å². The molecule has 1 atom stereocenters. The second-order valence-electron chi connectivity index (χ2n) is 8.91. The number of benzene rings is 4. The first-order valence-electron chi connectivity index (χ1n) is 12.4. The summed E-state index contributed by atoms with van der Waals surface area (Å²) in [4.78, 5) is 27.3. The molecule has 0 fully saturated rings. The van der Waals surface area contributed by atoms with E-state index in [1.165, 1.54) is 11.3 Å². The van der Waals surface area contributed by atoms with Crippen LogP contribution in [0, 0.1) is 0 Å². The predicted octanol–water partition coefficient (Wildman–Crippen LogP) is 6.47. The number of nitrogens with one attached hydrogen (secondary N) is 2. The van der Waals surface area contributed by atoms with Gasteiger partial charge in [-0.25, -0.2) is 0 Å². The second-order valence-corrected chi connectivity index (χ2v) is 10.8. The van der Waals surface area contributed by atoms with Crippen LogP contribution in [0.1, 0.15) is 22.6 Å². The lowest BCUT2D eigenvalue weighted by molar-refractivity contribution is -0.126. The third kappa shape index (κ3) is 6.85. The Labute approximate surface area is 239 Å². The fraction of sp³-hybridized carbons (Fsp3) is 0.0968. The molecule has 2 N–H and O–H groups in total. The van der Waals surface area contributed by atoms with Crippen LogP contribution in [-0.4, -0.2) is 28.1 Å². The number of amides is 2. The van der Waals surface area contributed by atoms with Crippen molar-refractivity contribution < 1.29 is 9.59 Å². The van der Waals surface area contributed by atoms with Gasteiger partial charge in [0.25, 0.3) is 0 Å². The standard InChI is InChI=1S/C31H25BrN4O2S/c32-25-18-16-24(17-19-25)30-35-36-31(39-30)34-28(37)26(20-21-10-4-1-5-11-21)33-29(38)27(22-12-6-2-7-13-22)23-14-8-3-9-15-23/h1-19,26-27H,20H2,(H,33,38)(H,34,36,37). The molecule has 5 aromatic rings. The number of hydrogen-bond donors (Lipinski definition) is 2. The number of anilines is 1. The minimum atomic E-state index is -0.824. The quantitative estimate of drug-likeness (QED) is 0.204. The van der Waals surface area contributed by atoms with Gasteiger partial charge in [-0.2, -0.15) is 0 Å². The van der Waals surface area contributed by atoms with Crippen LogP contribution in [0.3, 0.4) is 0 Å². The summed E-state index contributed by atoms with van der Waals surface area (Å²) in [5.41, 5.74) is 3.53. The number of carbonyl (C=O) groups is 2. The van der Waals surface area contributed by atoms with Crippen molar-refractivity contribution in [3.8, 4) is 10.6 Å². The largest absolute Gasteiger partial charge is 0.343 e. The van der Waals surface area contributed by atoms with Gasteiger partial charge < -0.3 is 5.32 Å². The maximum atomic E-state index is 13.8. The summed E-state index contributed by atoms with van der Waals surface area (Å²) < 4.78 is 0.966. The first kappa shape index (κ1) is 26.5. The van der Waals surface area contributed by atoms with Crippen LogP contribution in [0.4, 0.5) is 5.13 Å². The van der Waals surface area contributed by atoms with Crippen LogP contribution in [0.15, 0.2) is 120 Å². The third-order valence-corrected chi connectivity index (χ3v) is 7.61. The number of carbonyl (C=O) groups excluding carboxylic acids is 2. The number of halogens is 1. The minimum absolute atomic E-state index is 0.253. The molecular formula is C31H25BrN4O2S. The minimum Gasteiger partial charge on any atom is -0.343 e. The number of hydrogen-bond acceptors (Lipinski definition) is 5. The van der Waals surface area contributed by atoms with E-state index in [0.29, 0.717) is 16.6 Å². The molecule has 39 heavy (non-hydrogen) atoms. The van der Waals surface area contributed by atoms with Crippen molar-refractivity contribution in [3.05, 3.63) is 136 Å². The van der Waals surface area contributed by atoms with Gasteiger partial charge in [-0.1, -0.05) is 130 Å². The molecule has 0 aliphatic heterocycles. The summed E-state index contributed by atoms with van der Waals surface area (Å²) >= 11 is 4.71. The molecule has 0 aliphatic carbocycles. The molecule has 0 spiro atoms. The zero-order valence-electron chi connectivity index (χ0n) is 20.8. The molecule has 2 amide bonds. The molecule has 194 valence electrons. The third-order valence-electron chi connectivity index (χ3n) is 6.19. The Morgan fingerprint density at radius 2 is 1.28 bits per heavy atom. The van der Waals surface area contributed by atoms with Crippen molar-refractivity contribution in [3.63, 3.8) is 0 Å². The maximum Gasteiger partial charge on any atom is 0.249 e. The molecule has 1 aromatic heterocycles. The molecule has 4 aromatic carbocycles. The van der Waals surface area contributed by atoms with Crippen LogP contribution in [0.2, 0.25) is 0 Å². The van der Waals surface area contributed by atoms with E-state index in [4.69, 9.17) is 0 Å². The Bertz CT molecular complexity index is 1490. The number of aromatic nitrogens is 2. The van der Waals surface area contributed by atoms with Gasteiger partial charge in [0.05, 0.1) is 5.92 Å². The van der Waals surface area contributed by atoms with Crippen LogP contribution in [0.5, 0.6) is 0 Å². The lowest BCUT2D eigenvalue weighted by Gasteiger charge is -2.23. The van der Waals surface area contributed by atoms with E-state index in [1.54, 1.807) is 0 Å². The molecule has 0 aliphatic rings. The van der Waals surface area contributed by atoms with Crippen molar-refractivity contribution >= 4 is 44.2 Å². The fourth-order valence-electron chi connectivity index (χ4n) is 4.28. The van der Waals surface area contributed by atoms with Gasteiger partial charge in [0, 0.05) is 16.5 Å². The summed E-state index contributed by atoms with van der Waals surface area (Å²) in [5, 5.41) is 15.4. The van der Waals surface area contributed by atoms with Crippen LogP contribution in [0.25, 0.3) is 10.6 Å². The first-order valence-corrected chi connectivity index (χ1v) is 14.0. The first-order chi connectivity index (χ1) is 19.1. The molecule has 0 bridgehead atoms. The van der Waals surface area contributed by atoms with Crippen molar-refractivity contribution in [2.75, 3.05) is 5.32 Å². The van der Waals surface area contributed by atoms with Crippen molar-refractivity contribution in [2.45, 2.75) is 18.4 Å². The van der Waals surface area contributed by atoms with Gasteiger partial charge in [0.15, 0.2) is 0 Å². The molecule has 1 heterocycles. The van der Waals surface area contributed by atoms with Crippen molar-refractivity contribution in [2.24, 2.45) is 0 Å². The highest BCUT2D eigenvalue weighted by Gasteiger charge is 2.28. The topological polar surface area (TPSA) is 84.0 Å². The SMILES string of the molecule is O=C(Nc1nnc(-c2ccc(Br)cc2)s1)C(Cc1ccccc1)NC(=O)C(c1ccccc1)c1ccccc1. The summed E-state index contributed by atoms with van der Waals surface area (Å²) in [6.07, 6.45) is 0.326. The average molecular weight is 598 g/mol. The van der Waals surface area contributed by atoms with Gasteiger partial charge in [0.2, 0.25) is 16.9 Å². The van der Waals surface area contributed by atoms with E-state index in [0.717, 1.165) is 26.7 Å². The number of rotatable bonds is 9. The highest BCUT2D eigenvalue weighted by atomic mass is 79.9. The van der Waals surface area contributed by atoms with E-state index < -0.39 is 12.0 Å². The smallest absolute Gasteiger partial charge is 0.249 e. The predicted molar refractivity (Wildman–Crippen MR) is 158 cm³/mol. The Morgan fingerprint density at radius 3 is 1.87 bits per heavy atom. The van der Waals surface area contributed by atoms with E-state index in [-0.39, 0.29) is 11.8 Å². The highest BCUT2D eigenvalue weighted by Crippen LogP contribution is 2.28. The molecule has 8 heteroatoms. The normalized spacial score (nSPS) is 11.6. The van der Waals surface area contributed by atoms with Crippen molar-refractivity contribution in [1.82, 2.24) is 15.5 Å². The zero-order valence-corrected chi connectivity index (χ0v) is 23.2. The van der Waals surface area contributed by atoms with Gasteiger partial charge in [-0.05, 0) is 28.8 Å². The molecule has 5 rings (SSSR count). The average Bonchev–Trinajstić information content (AvgIpc) is 3.43. The summed E-state index contributed by atoms with van der Waals surface area (Å²) in [6, 6.07) is 35.7. The Hall–Kier alpha value is -4.14. The zero-order chi connectivity index (χ0) is 27.0. The molecule has 0 saturated carbocycles. The van der Waals surface area contributed by atoms with E-state index in [2.05, 4.69) is 36.8 Å². The lowest BCUT2D eigenvalue weighted by atomic mass is 9.90. The fourth-order valence-corrected chi connectivity index (χ4v) is 5.29. The molecule has 0 radical (unpaired) electrons. The van der Waals surface area contributed by atoms with E-state index in [1.807, 2.05) is 115 Å². The summed E-state index contributed by atoms with van der Waals surface area (Å²) in [5.74, 6) is -1.18. The van der Waals surface area contributed by atoms with Crippen LogP contribution >= 0.6 is 27.3 Å². The molecular weight excluding hydrogens is 572 g/mol. The van der Waals surface area contributed by atoms with Gasteiger partial charge in [0.1, 0.15) is 11.0 Å². The molecule has 1 unspecified atom stereocenters.